The zero-order valence-electron chi connectivity index (χ0n) is 14.4. The SMILES string of the molecule is COc1ccc(C=NNc2ccccc2)cc1OCc1ccc(F)cc1. The number of hydrogen-bond donors (Lipinski definition) is 1. The molecule has 3 aromatic rings. The summed E-state index contributed by atoms with van der Waals surface area (Å²) < 4.78 is 24.1. The van der Waals surface area contributed by atoms with E-state index in [2.05, 4.69) is 10.5 Å². The summed E-state index contributed by atoms with van der Waals surface area (Å²) in [5.41, 5.74) is 5.61. The molecule has 0 aromatic heterocycles. The van der Waals surface area contributed by atoms with Crippen LogP contribution in [-0.2, 0) is 6.61 Å². The molecule has 0 saturated heterocycles. The lowest BCUT2D eigenvalue weighted by Gasteiger charge is -2.11. The number of para-hydroxylation sites is 1. The van der Waals surface area contributed by atoms with Gasteiger partial charge < -0.3 is 9.47 Å². The quantitative estimate of drug-likeness (QED) is 0.489. The molecule has 3 aromatic carbocycles. The highest BCUT2D eigenvalue weighted by Gasteiger charge is 2.06. The number of rotatable bonds is 7. The van der Waals surface area contributed by atoms with Gasteiger partial charge in [-0.15, -0.1) is 0 Å². The molecule has 0 amide bonds. The van der Waals surface area contributed by atoms with E-state index in [9.17, 15) is 4.39 Å². The molecule has 0 heterocycles. The van der Waals surface area contributed by atoms with Crippen molar-refractivity contribution >= 4 is 11.9 Å². The first kappa shape index (κ1) is 17.5. The molecule has 5 heteroatoms. The molecule has 0 atom stereocenters. The van der Waals surface area contributed by atoms with Crippen LogP contribution in [0.1, 0.15) is 11.1 Å². The van der Waals surface area contributed by atoms with Crippen LogP contribution >= 0.6 is 0 Å². The number of halogens is 1. The van der Waals surface area contributed by atoms with Crippen molar-refractivity contribution in [1.82, 2.24) is 0 Å². The van der Waals surface area contributed by atoms with E-state index in [1.54, 1.807) is 25.5 Å². The molecule has 0 unspecified atom stereocenters. The average molecular weight is 350 g/mol. The van der Waals surface area contributed by atoms with E-state index in [1.165, 1.54) is 12.1 Å². The smallest absolute Gasteiger partial charge is 0.162 e. The number of nitrogens with zero attached hydrogens (tertiary/aromatic N) is 1. The van der Waals surface area contributed by atoms with Gasteiger partial charge in [0, 0.05) is 0 Å². The predicted octanol–water partition coefficient (Wildman–Crippen LogP) is 4.86. The predicted molar refractivity (Wildman–Crippen MR) is 101 cm³/mol. The number of hydrazone groups is 1. The Morgan fingerprint density at radius 3 is 2.46 bits per heavy atom. The van der Waals surface area contributed by atoms with Gasteiger partial charge in [-0.05, 0) is 53.6 Å². The molecule has 0 aliphatic carbocycles. The van der Waals surface area contributed by atoms with Crippen molar-refractivity contribution in [3.8, 4) is 11.5 Å². The number of methoxy groups -OCH3 is 1. The zero-order chi connectivity index (χ0) is 18.2. The van der Waals surface area contributed by atoms with Crippen LogP contribution in [0.2, 0.25) is 0 Å². The van der Waals surface area contributed by atoms with Crippen molar-refractivity contribution in [2.45, 2.75) is 6.61 Å². The molecule has 0 bridgehead atoms. The third-order valence-corrected chi connectivity index (χ3v) is 3.68. The molecule has 1 N–H and O–H groups in total. The fraction of sp³-hybridized carbons (Fsp3) is 0.0952. The molecule has 0 radical (unpaired) electrons. The fourth-order valence-corrected chi connectivity index (χ4v) is 2.32. The van der Waals surface area contributed by atoms with Gasteiger partial charge in [0.15, 0.2) is 11.5 Å². The van der Waals surface area contributed by atoms with Crippen LogP contribution in [0.15, 0.2) is 77.9 Å². The molecule has 0 saturated carbocycles. The van der Waals surface area contributed by atoms with Crippen molar-refractivity contribution in [2.75, 3.05) is 12.5 Å². The molecule has 3 rings (SSSR count). The Bertz CT molecular complexity index is 865. The van der Waals surface area contributed by atoms with Gasteiger partial charge in [0.05, 0.1) is 19.0 Å². The Balaban J connectivity index is 1.68. The van der Waals surface area contributed by atoms with E-state index in [0.717, 1.165) is 16.8 Å². The number of benzene rings is 3. The Hall–Kier alpha value is -3.34. The first-order valence-electron chi connectivity index (χ1n) is 8.14. The molecule has 0 spiro atoms. The highest BCUT2D eigenvalue weighted by molar-refractivity contribution is 5.81. The normalized spacial score (nSPS) is 10.7. The summed E-state index contributed by atoms with van der Waals surface area (Å²) >= 11 is 0. The number of anilines is 1. The number of ether oxygens (including phenoxy) is 2. The minimum Gasteiger partial charge on any atom is -0.493 e. The van der Waals surface area contributed by atoms with Gasteiger partial charge in [0.1, 0.15) is 12.4 Å². The molecule has 4 nitrogen and oxygen atoms in total. The molecular formula is C21H19FN2O2. The zero-order valence-corrected chi connectivity index (χ0v) is 14.4. The van der Waals surface area contributed by atoms with Gasteiger partial charge in [-0.1, -0.05) is 30.3 Å². The van der Waals surface area contributed by atoms with Crippen molar-refractivity contribution in [2.24, 2.45) is 5.10 Å². The largest absolute Gasteiger partial charge is 0.493 e. The standard InChI is InChI=1S/C21H19FN2O2/c1-25-20-12-9-17(14-23-24-19-5-3-2-4-6-19)13-21(20)26-15-16-7-10-18(22)11-8-16/h2-14,24H,15H2,1H3. The van der Waals surface area contributed by atoms with Crippen LogP contribution in [0, 0.1) is 5.82 Å². The van der Waals surface area contributed by atoms with Crippen LogP contribution in [0.3, 0.4) is 0 Å². The summed E-state index contributed by atoms with van der Waals surface area (Å²) in [7, 11) is 1.59. The van der Waals surface area contributed by atoms with E-state index in [-0.39, 0.29) is 5.82 Å². The monoisotopic (exact) mass is 350 g/mol. The van der Waals surface area contributed by atoms with Crippen molar-refractivity contribution < 1.29 is 13.9 Å². The van der Waals surface area contributed by atoms with Crippen LogP contribution in [0.4, 0.5) is 10.1 Å². The highest BCUT2D eigenvalue weighted by atomic mass is 19.1. The topological polar surface area (TPSA) is 42.8 Å². The maximum Gasteiger partial charge on any atom is 0.162 e. The van der Waals surface area contributed by atoms with Crippen LogP contribution in [0.5, 0.6) is 11.5 Å². The van der Waals surface area contributed by atoms with Crippen LogP contribution in [0.25, 0.3) is 0 Å². The summed E-state index contributed by atoms with van der Waals surface area (Å²) in [6, 6.07) is 21.5. The van der Waals surface area contributed by atoms with Crippen molar-refractivity contribution in [3.05, 3.63) is 89.7 Å². The second-order valence-electron chi connectivity index (χ2n) is 5.56. The first-order chi connectivity index (χ1) is 12.7. The summed E-state index contributed by atoms with van der Waals surface area (Å²) in [6.45, 7) is 0.319. The lowest BCUT2D eigenvalue weighted by atomic mass is 10.2. The van der Waals surface area contributed by atoms with Gasteiger partial charge in [0.2, 0.25) is 0 Å². The van der Waals surface area contributed by atoms with Gasteiger partial charge >= 0.3 is 0 Å². The first-order valence-corrected chi connectivity index (χ1v) is 8.14. The fourth-order valence-electron chi connectivity index (χ4n) is 2.32. The molecule has 26 heavy (non-hydrogen) atoms. The molecule has 132 valence electrons. The van der Waals surface area contributed by atoms with Crippen LogP contribution < -0.4 is 14.9 Å². The van der Waals surface area contributed by atoms with Gasteiger partial charge in [0.25, 0.3) is 0 Å². The third kappa shape index (κ3) is 4.83. The Kier molecular flexibility index (Phi) is 5.83. The Morgan fingerprint density at radius 1 is 0.962 bits per heavy atom. The molecule has 0 aliphatic rings. The van der Waals surface area contributed by atoms with Crippen molar-refractivity contribution in [1.29, 1.82) is 0 Å². The third-order valence-electron chi connectivity index (χ3n) is 3.68. The van der Waals surface area contributed by atoms with E-state index in [4.69, 9.17) is 9.47 Å². The maximum atomic E-state index is 13.0. The Labute approximate surface area is 151 Å². The second kappa shape index (κ2) is 8.67. The van der Waals surface area contributed by atoms with Crippen molar-refractivity contribution in [3.63, 3.8) is 0 Å². The van der Waals surface area contributed by atoms with E-state index in [1.807, 2.05) is 48.5 Å². The molecular weight excluding hydrogens is 331 g/mol. The van der Waals surface area contributed by atoms with Gasteiger partial charge in [-0.2, -0.15) is 5.10 Å². The summed E-state index contributed by atoms with van der Waals surface area (Å²) in [5, 5.41) is 4.22. The number of hydrogen-bond acceptors (Lipinski definition) is 4. The van der Waals surface area contributed by atoms with Gasteiger partial charge in [-0.25, -0.2) is 4.39 Å². The average Bonchev–Trinajstić information content (AvgIpc) is 2.68. The minimum atomic E-state index is -0.268. The molecule has 0 fully saturated rings. The highest BCUT2D eigenvalue weighted by Crippen LogP contribution is 2.28. The summed E-state index contributed by atoms with van der Waals surface area (Å²) in [5.74, 6) is 0.955. The Morgan fingerprint density at radius 2 is 1.73 bits per heavy atom. The maximum absolute atomic E-state index is 13.0. The molecule has 0 aliphatic heterocycles. The lowest BCUT2D eigenvalue weighted by Crippen LogP contribution is -1.99. The van der Waals surface area contributed by atoms with E-state index < -0.39 is 0 Å². The van der Waals surface area contributed by atoms with Crippen LogP contribution in [-0.4, -0.2) is 13.3 Å². The summed E-state index contributed by atoms with van der Waals surface area (Å²) in [4.78, 5) is 0. The van der Waals surface area contributed by atoms with E-state index >= 15 is 0 Å². The van der Waals surface area contributed by atoms with Gasteiger partial charge in [-0.3, -0.25) is 5.43 Å². The van der Waals surface area contributed by atoms with E-state index in [0.29, 0.717) is 18.1 Å². The lowest BCUT2D eigenvalue weighted by molar-refractivity contribution is 0.284. The summed E-state index contributed by atoms with van der Waals surface area (Å²) in [6.07, 6.45) is 1.71. The number of nitrogens with one attached hydrogen (secondary N) is 1. The minimum absolute atomic E-state index is 0.268. The second-order valence-corrected chi connectivity index (χ2v) is 5.56.